The normalized spacial score (nSPS) is 10.5. The third kappa shape index (κ3) is 4.16. The lowest BCUT2D eigenvalue weighted by atomic mass is 10.3. The van der Waals surface area contributed by atoms with Gasteiger partial charge in [0.25, 0.3) is 5.91 Å². The van der Waals surface area contributed by atoms with Gasteiger partial charge in [-0.2, -0.15) is 5.10 Å². The highest BCUT2D eigenvalue weighted by molar-refractivity contribution is 7.99. The van der Waals surface area contributed by atoms with E-state index in [0.29, 0.717) is 10.7 Å². The van der Waals surface area contributed by atoms with Gasteiger partial charge in [0.1, 0.15) is 0 Å². The average molecular weight is 388 g/mol. The molecule has 0 spiro atoms. The number of carbonyl (C=O) groups is 2. The molecule has 3 amide bonds. The van der Waals surface area contributed by atoms with Crippen molar-refractivity contribution in [1.29, 1.82) is 0 Å². The van der Waals surface area contributed by atoms with Crippen molar-refractivity contribution in [2.45, 2.75) is 9.79 Å². The monoisotopic (exact) mass is 387 g/mol. The molecular formula is C17H14ClN5O2S. The van der Waals surface area contributed by atoms with E-state index >= 15 is 0 Å². The van der Waals surface area contributed by atoms with Crippen molar-refractivity contribution in [1.82, 2.24) is 9.78 Å². The van der Waals surface area contributed by atoms with E-state index < -0.39 is 11.9 Å². The fourth-order valence-corrected chi connectivity index (χ4v) is 3.38. The van der Waals surface area contributed by atoms with Crippen molar-refractivity contribution in [3.63, 3.8) is 0 Å². The Kier molecular flexibility index (Phi) is 5.15. The number of primary amides is 2. The first-order chi connectivity index (χ1) is 12.4. The molecule has 0 fully saturated rings. The largest absolute Gasteiger partial charge is 0.364 e. The number of anilines is 1. The Morgan fingerprint density at radius 3 is 2.42 bits per heavy atom. The van der Waals surface area contributed by atoms with Crippen LogP contribution in [0.15, 0.2) is 64.5 Å². The first-order valence-corrected chi connectivity index (χ1v) is 8.61. The number of urea groups is 1. The van der Waals surface area contributed by atoms with Crippen LogP contribution in [0.2, 0.25) is 5.02 Å². The summed E-state index contributed by atoms with van der Waals surface area (Å²) in [7, 11) is 0. The molecule has 2 aromatic carbocycles. The first-order valence-electron chi connectivity index (χ1n) is 7.42. The van der Waals surface area contributed by atoms with Gasteiger partial charge in [0.2, 0.25) is 0 Å². The minimum Gasteiger partial charge on any atom is -0.364 e. The number of rotatable bonds is 5. The summed E-state index contributed by atoms with van der Waals surface area (Å²) in [5, 5.41) is 7.12. The number of hydrogen-bond donors (Lipinski definition) is 3. The molecule has 0 saturated heterocycles. The summed E-state index contributed by atoms with van der Waals surface area (Å²) in [6, 6.07) is 14.2. The smallest absolute Gasteiger partial charge is 0.316 e. The lowest BCUT2D eigenvalue weighted by Gasteiger charge is -2.05. The van der Waals surface area contributed by atoms with Gasteiger partial charge in [-0.25, -0.2) is 9.48 Å². The number of amides is 3. The summed E-state index contributed by atoms with van der Waals surface area (Å²) >= 11 is 7.56. The highest BCUT2D eigenvalue weighted by atomic mass is 35.5. The summed E-state index contributed by atoms with van der Waals surface area (Å²) in [4.78, 5) is 24.5. The molecule has 5 N–H and O–H groups in total. The van der Waals surface area contributed by atoms with Crippen LogP contribution in [0, 0.1) is 0 Å². The van der Waals surface area contributed by atoms with Crippen LogP contribution < -0.4 is 16.8 Å². The molecule has 1 aromatic heterocycles. The maximum absolute atomic E-state index is 11.5. The van der Waals surface area contributed by atoms with Crippen LogP contribution in [-0.2, 0) is 0 Å². The number of nitrogens with one attached hydrogen (secondary N) is 1. The van der Waals surface area contributed by atoms with Gasteiger partial charge in [0.05, 0.1) is 17.6 Å². The Labute approximate surface area is 158 Å². The Morgan fingerprint density at radius 2 is 1.81 bits per heavy atom. The van der Waals surface area contributed by atoms with E-state index in [0.717, 1.165) is 9.79 Å². The van der Waals surface area contributed by atoms with Crippen LogP contribution in [0.4, 0.5) is 10.5 Å². The summed E-state index contributed by atoms with van der Waals surface area (Å²) in [5.41, 5.74) is 11.2. The van der Waals surface area contributed by atoms with Crippen molar-refractivity contribution in [2.24, 2.45) is 11.5 Å². The van der Waals surface area contributed by atoms with E-state index in [1.165, 1.54) is 10.9 Å². The highest BCUT2D eigenvalue weighted by Crippen LogP contribution is 2.30. The van der Waals surface area contributed by atoms with E-state index in [2.05, 4.69) is 10.4 Å². The third-order valence-corrected chi connectivity index (χ3v) is 4.57. The van der Waals surface area contributed by atoms with Gasteiger partial charge in [-0.15, -0.1) is 0 Å². The molecule has 1 heterocycles. The Hall–Kier alpha value is -2.97. The van der Waals surface area contributed by atoms with Crippen molar-refractivity contribution < 1.29 is 9.59 Å². The summed E-state index contributed by atoms with van der Waals surface area (Å²) in [6.45, 7) is 0. The van der Waals surface area contributed by atoms with E-state index in [4.69, 9.17) is 23.1 Å². The van der Waals surface area contributed by atoms with Gasteiger partial charge in [0, 0.05) is 14.8 Å². The van der Waals surface area contributed by atoms with Gasteiger partial charge in [-0.1, -0.05) is 29.4 Å². The van der Waals surface area contributed by atoms with Crippen LogP contribution in [0.1, 0.15) is 10.5 Å². The third-order valence-electron chi connectivity index (χ3n) is 3.34. The van der Waals surface area contributed by atoms with Crippen LogP contribution in [0.5, 0.6) is 0 Å². The van der Waals surface area contributed by atoms with Crippen LogP contribution in [0.25, 0.3) is 5.69 Å². The topological polar surface area (TPSA) is 116 Å². The molecular weight excluding hydrogens is 374 g/mol. The number of halogens is 1. The number of carbonyl (C=O) groups excluding carboxylic acids is 2. The molecule has 0 radical (unpaired) electrons. The second kappa shape index (κ2) is 7.51. The number of hydrogen-bond acceptors (Lipinski definition) is 4. The van der Waals surface area contributed by atoms with Crippen molar-refractivity contribution in [3.05, 3.63) is 65.4 Å². The number of nitrogens with two attached hydrogens (primary N) is 2. The average Bonchev–Trinajstić information content (AvgIpc) is 2.99. The van der Waals surface area contributed by atoms with Crippen LogP contribution in [0.3, 0.4) is 0 Å². The van der Waals surface area contributed by atoms with E-state index in [-0.39, 0.29) is 11.4 Å². The maximum Gasteiger partial charge on any atom is 0.316 e. The first kappa shape index (κ1) is 17.8. The summed E-state index contributed by atoms with van der Waals surface area (Å²) in [6.07, 6.45) is 1.48. The van der Waals surface area contributed by atoms with Crippen molar-refractivity contribution >= 4 is 41.0 Å². The highest BCUT2D eigenvalue weighted by Gasteiger charge is 2.16. The van der Waals surface area contributed by atoms with Gasteiger partial charge in [-0.3, -0.25) is 4.79 Å². The molecule has 9 heteroatoms. The molecule has 0 aliphatic rings. The molecule has 132 valence electrons. The van der Waals surface area contributed by atoms with E-state index in [1.807, 2.05) is 48.5 Å². The molecule has 0 saturated carbocycles. The zero-order valence-electron chi connectivity index (χ0n) is 13.3. The second-order valence-corrected chi connectivity index (χ2v) is 6.83. The molecule has 3 aromatic rings. The lowest BCUT2D eigenvalue weighted by Crippen LogP contribution is -2.22. The second-order valence-electron chi connectivity index (χ2n) is 5.24. The summed E-state index contributed by atoms with van der Waals surface area (Å²) < 4.78 is 1.44. The quantitative estimate of drug-likeness (QED) is 0.622. The Balaban J connectivity index is 1.84. The molecule has 26 heavy (non-hydrogen) atoms. The molecule has 0 atom stereocenters. The van der Waals surface area contributed by atoms with Gasteiger partial charge < -0.3 is 16.8 Å². The number of nitrogens with zero attached hydrogens (tertiary/aromatic N) is 2. The fraction of sp³-hybridized carbons (Fsp3) is 0. The molecule has 0 aliphatic carbocycles. The van der Waals surface area contributed by atoms with Crippen molar-refractivity contribution in [3.8, 4) is 5.69 Å². The fourth-order valence-electron chi connectivity index (χ4n) is 2.25. The number of benzene rings is 2. The molecule has 7 nitrogen and oxygen atoms in total. The van der Waals surface area contributed by atoms with E-state index in [1.54, 1.807) is 11.8 Å². The van der Waals surface area contributed by atoms with Crippen molar-refractivity contribution in [2.75, 3.05) is 5.32 Å². The van der Waals surface area contributed by atoms with Crippen LogP contribution in [-0.4, -0.2) is 21.7 Å². The molecule has 0 unspecified atom stereocenters. The minimum atomic E-state index is -0.805. The number of aromatic nitrogens is 2. The van der Waals surface area contributed by atoms with Gasteiger partial charge >= 0.3 is 6.03 Å². The predicted molar refractivity (Wildman–Crippen MR) is 101 cm³/mol. The molecule has 3 rings (SSSR count). The zero-order chi connectivity index (χ0) is 18.7. The van der Waals surface area contributed by atoms with Gasteiger partial charge in [0.15, 0.2) is 5.69 Å². The standard InChI is InChI=1S/C17H14ClN5O2S/c18-10-2-1-3-13(8-10)26-12-6-4-11(5-7-12)23-9-14(21-17(20)25)15(22-23)16(19)24/h1-9H,(H2,19,24)(H3,20,21,25). The lowest BCUT2D eigenvalue weighted by molar-refractivity contribution is 0.0996. The zero-order valence-corrected chi connectivity index (χ0v) is 14.9. The van der Waals surface area contributed by atoms with Crippen LogP contribution >= 0.6 is 23.4 Å². The van der Waals surface area contributed by atoms with E-state index in [9.17, 15) is 9.59 Å². The predicted octanol–water partition coefficient (Wildman–Crippen LogP) is 3.27. The Morgan fingerprint density at radius 1 is 1.08 bits per heavy atom. The Bertz CT molecular complexity index is 972. The molecule has 0 aliphatic heterocycles. The van der Waals surface area contributed by atoms with Gasteiger partial charge in [-0.05, 0) is 42.5 Å². The molecule has 0 bridgehead atoms. The summed E-state index contributed by atoms with van der Waals surface area (Å²) in [5.74, 6) is -0.763. The minimum absolute atomic E-state index is 0.0684. The maximum atomic E-state index is 11.5. The SMILES string of the molecule is NC(=O)Nc1cn(-c2ccc(Sc3cccc(Cl)c3)cc2)nc1C(N)=O.